The van der Waals surface area contributed by atoms with Crippen molar-refractivity contribution in [3.05, 3.63) is 48.2 Å². The number of furan rings is 1. The summed E-state index contributed by atoms with van der Waals surface area (Å²) < 4.78 is 5.78. The maximum atomic E-state index is 11.2. The molecule has 0 aliphatic rings. The highest BCUT2D eigenvalue weighted by Gasteiger charge is 2.18. The van der Waals surface area contributed by atoms with Crippen molar-refractivity contribution in [3.63, 3.8) is 0 Å². The summed E-state index contributed by atoms with van der Waals surface area (Å²) in [5.74, 6) is 0.910. The van der Waals surface area contributed by atoms with Gasteiger partial charge in [-0.25, -0.2) is 0 Å². The quantitative estimate of drug-likeness (QED) is 0.779. The van der Waals surface area contributed by atoms with Gasteiger partial charge in [0, 0.05) is 12.1 Å². The van der Waals surface area contributed by atoms with E-state index < -0.39 is 5.97 Å². The molecule has 118 valence electrons. The summed E-state index contributed by atoms with van der Waals surface area (Å²) in [6, 6.07) is 13.8. The van der Waals surface area contributed by atoms with Crippen LogP contribution >= 0.6 is 0 Å². The first kappa shape index (κ1) is 16.3. The number of hydrogen-bond acceptors (Lipinski definition) is 3. The average Bonchev–Trinajstić information content (AvgIpc) is 2.95. The Balaban J connectivity index is 1.87. The molecule has 0 aliphatic heterocycles. The molecule has 1 heterocycles. The molecule has 1 unspecified atom stereocenters. The van der Waals surface area contributed by atoms with Crippen molar-refractivity contribution in [1.29, 1.82) is 0 Å². The van der Waals surface area contributed by atoms with Gasteiger partial charge in [-0.15, -0.1) is 0 Å². The molecule has 1 atom stereocenters. The van der Waals surface area contributed by atoms with Gasteiger partial charge in [-0.05, 0) is 24.5 Å². The zero-order valence-electron chi connectivity index (χ0n) is 13.1. The fourth-order valence-electron chi connectivity index (χ4n) is 2.44. The molecule has 0 aliphatic carbocycles. The SMILES string of the molecule is CC(C)CC(CNCc1ccc(-c2ccccc2)o1)C(=O)O. The van der Waals surface area contributed by atoms with Crippen molar-refractivity contribution < 1.29 is 14.3 Å². The predicted molar refractivity (Wildman–Crippen MR) is 86.4 cm³/mol. The molecule has 0 amide bonds. The second-order valence-corrected chi connectivity index (χ2v) is 5.93. The summed E-state index contributed by atoms with van der Waals surface area (Å²) in [4.78, 5) is 11.2. The van der Waals surface area contributed by atoms with Gasteiger partial charge in [0.1, 0.15) is 11.5 Å². The number of hydrogen-bond donors (Lipinski definition) is 2. The van der Waals surface area contributed by atoms with Gasteiger partial charge in [0.05, 0.1) is 12.5 Å². The summed E-state index contributed by atoms with van der Waals surface area (Å²) in [5, 5.41) is 12.4. The van der Waals surface area contributed by atoms with Gasteiger partial charge in [0.15, 0.2) is 0 Å². The molecule has 1 aromatic carbocycles. The van der Waals surface area contributed by atoms with Crippen LogP contribution < -0.4 is 5.32 Å². The van der Waals surface area contributed by atoms with Crippen LogP contribution in [0.15, 0.2) is 46.9 Å². The first-order valence-electron chi connectivity index (χ1n) is 7.64. The summed E-state index contributed by atoms with van der Waals surface area (Å²) in [6.45, 7) is 5.06. The maximum Gasteiger partial charge on any atom is 0.307 e. The van der Waals surface area contributed by atoms with E-state index in [1.165, 1.54) is 0 Å². The lowest BCUT2D eigenvalue weighted by Gasteiger charge is -2.14. The van der Waals surface area contributed by atoms with Crippen molar-refractivity contribution in [2.45, 2.75) is 26.8 Å². The first-order chi connectivity index (χ1) is 10.6. The molecule has 2 N–H and O–H groups in total. The van der Waals surface area contributed by atoms with Crippen LogP contribution in [-0.2, 0) is 11.3 Å². The zero-order valence-corrected chi connectivity index (χ0v) is 13.1. The Hall–Kier alpha value is -2.07. The van der Waals surface area contributed by atoms with Gasteiger partial charge in [-0.3, -0.25) is 4.79 Å². The summed E-state index contributed by atoms with van der Waals surface area (Å²) in [6.07, 6.45) is 0.676. The van der Waals surface area contributed by atoms with E-state index in [9.17, 15) is 9.90 Å². The second-order valence-electron chi connectivity index (χ2n) is 5.93. The monoisotopic (exact) mass is 301 g/mol. The van der Waals surface area contributed by atoms with Gasteiger partial charge >= 0.3 is 5.97 Å². The Morgan fingerprint density at radius 3 is 2.55 bits per heavy atom. The maximum absolute atomic E-state index is 11.2. The Morgan fingerprint density at radius 2 is 1.91 bits per heavy atom. The molecule has 0 saturated carbocycles. The molecule has 22 heavy (non-hydrogen) atoms. The van der Waals surface area contributed by atoms with Crippen LogP contribution in [0.4, 0.5) is 0 Å². The lowest BCUT2D eigenvalue weighted by Crippen LogP contribution is -2.29. The predicted octanol–water partition coefficient (Wildman–Crippen LogP) is 3.78. The molecule has 0 bridgehead atoms. The van der Waals surface area contributed by atoms with Crippen LogP contribution in [0.5, 0.6) is 0 Å². The lowest BCUT2D eigenvalue weighted by molar-refractivity contribution is -0.142. The summed E-state index contributed by atoms with van der Waals surface area (Å²) in [5.41, 5.74) is 1.04. The van der Waals surface area contributed by atoms with Crippen LogP contribution in [0.1, 0.15) is 26.0 Å². The Kier molecular flexibility index (Phi) is 5.78. The fraction of sp³-hybridized carbons (Fsp3) is 0.389. The minimum atomic E-state index is -0.745. The largest absolute Gasteiger partial charge is 0.481 e. The van der Waals surface area contributed by atoms with Crippen molar-refractivity contribution in [1.82, 2.24) is 5.32 Å². The topological polar surface area (TPSA) is 62.5 Å². The minimum absolute atomic E-state index is 0.358. The van der Waals surface area contributed by atoms with E-state index in [0.717, 1.165) is 17.1 Å². The highest BCUT2D eigenvalue weighted by atomic mass is 16.4. The number of carbonyl (C=O) groups is 1. The van der Waals surface area contributed by atoms with E-state index in [0.29, 0.717) is 25.4 Å². The smallest absolute Gasteiger partial charge is 0.307 e. The summed E-state index contributed by atoms with van der Waals surface area (Å²) >= 11 is 0. The van der Waals surface area contributed by atoms with E-state index >= 15 is 0 Å². The third-order valence-corrected chi connectivity index (χ3v) is 3.52. The van der Waals surface area contributed by atoms with Crippen LogP contribution in [0.3, 0.4) is 0 Å². The fourth-order valence-corrected chi connectivity index (χ4v) is 2.44. The van der Waals surface area contributed by atoms with Crippen molar-refractivity contribution >= 4 is 5.97 Å². The van der Waals surface area contributed by atoms with Crippen LogP contribution in [0.2, 0.25) is 0 Å². The molecule has 4 nitrogen and oxygen atoms in total. The molecular weight excluding hydrogens is 278 g/mol. The van der Waals surface area contributed by atoms with Gasteiger partial charge in [-0.2, -0.15) is 0 Å². The van der Waals surface area contributed by atoms with Crippen LogP contribution in [0, 0.1) is 11.8 Å². The Bertz CT molecular complexity index is 589. The van der Waals surface area contributed by atoms with E-state index in [1.54, 1.807) is 0 Å². The molecule has 2 rings (SSSR count). The van der Waals surface area contributed by atoms with E-state index in [-0.39, 0.29) is 5.92 Å². The average molecular weight is 301 g/mol. The minimum Gasteiger partial charge on any atom is -0.481 e. The Labute approximate surface area is 131 Å². The standard InChI is InChI=1S/C18H23NO3/c1-13(2)10-15(18(20)21)11-19-12-16-8-9-17(22-16)14-6-4-3-5-7-14/h3-9,13,15,19H,10-12H2,1-2H3,(H,20,21). The number of carboxylic acids is 1. The third kappa shape index (κ3) is 4.74. The molecule has 1 aromatic heterocycles. The highest BCUT2D eigenvalue weighted by Crippen LogP contribution is 2.21. The van der Waals surface area contributed by atoms with Crippen LogP contribution in [-0.4, -0.2) is 17.6 Å². The zero-order chi connectivity index (χ0) is 15.9. The molecule has 0 radical (unpaired) electrons. The molecule has 0 saturated heterocycles. The molecular formula is C18H23NO3. The van der Waals surface area contributed by atoms with Gasteiger partial charge in [-0.1, -0.05) is 44.2 Å². The normalized spacial score (nSPS) is 12.5. The second kappa shape index (κ2) is 7.80. The van der Waals surface area contributed by atoms with Gasteiger partial charge in [0.25, 0.3) is 0 Å². The number of aliphatic carboxylic acids is 1. The molecule has 2 aromatic rings. The van der Waals surface area contributed by atoms with E-state index in [2.05, 4.69) is 5.32 Å². The van der Waals surface area contributed by atoms with Crippen molar-refractivity contribution in [2.24, 2.45) is 11.8 Å². The summed E-state index contributed by atoms with van der Waals surface area (Å²) in [7, 11) is 0. The lowest BCUT2D eigenvalue weighted by atomic mass is 9.97. The number of rotatable bonds is 8. The highest BCUT2D eigenvalue weighted by molar-refractivity contribution is 5.70. The molecule has 0 fully saturated rings. The number of nitrogens with one attached hydrogen (secondary N) is 1. The van der Waals surface area contributed by atoms with E-state index in [4.69, 9.17) is 4.42 Å². The van der Waals surface area contributed by atoms with Crippen molar-refractivity contribution in [2.75, 3.05) is 6.54 Å². The number of benzene rings is 1. The third-order valence-electron chi connectivity index (χ3n) is 3.52. The van der Waals surface area contributed by atoms with Crippen molar-refractivity contribution in [3.8, 4) is 11.3 Å². The first-order valence-corrected chi connectivity index (χ1v) is 7.64. The van der Waals surface area contributed by atoms with Gasteiger partial charge < -0.3 is 14.8 Å². The van der Waals surface area contributed by atoms with E-state index in [1.807, 2.05) is 56.3 Å². The molecule has 4 heteroatoms. The number of carboxylic acid groups (broad SMARTS) is 1. The van der Waals surface area contributed by atoms with Crippen LogP contribution in [0.25, 0.3) is 11.3 Å². The van der Waals surface area contributed by atoms with Gasteiger partial charge in [0.2, 0.25) is 0 Å². The Morgan fingerprint density at radius 1 is 1.18 bits per heavy atom. The molecule has 0 spiro atoms.